The van der Waals surface area contributed by atoms with E-state index in [1.807, 2.05) is 6.07 Å². The summed E-state index contributed by atoms with van der Waals surface area (Å²) < 4.78 is 31.0. The Bertz CT molecular complexity index is 1430. The van der Waals surface area contributed by atoms with Gasteiger partial charge in [0.05, 0.1) is 28.4 Å². The van der Waals surface area contributed by atoms with Gasteiger partial charge in [-0.05, 0) is 61.0 Å². The van der Waals surface area contributed by atoms with Crippen molar-refractivity contribution in [1.82, 2.24) is 4.98 Å². The minimum Gasteiger partial charge on any atom is -0.464 e. The van der Waals surface area contributed by atoms with Gasteiger partial charge in [0, 0.05) is 34.9 Å². The van der Waals surface area contributed by atoms with Crippen LogP contribution in [0.5, 0.6) is 0 Å². The normalized spacial score (nSPS) is 15.2. The lowest BCUT2D eigenvalue weighted by molar-refractivity contribution is 0.102. The van der Waals surface area contributed by atoms with Crippen LogP contribution >= 0.6 is 11.6 Å². The average molecular weight is 468 g/mol. The van der Waals surface area contributed by atoms with E-state index in [0.29, 0.717) is 51.8 Å². The van der Waals surface area contributed by atoms with Crippen molar-refractivity contribution in [3.8, 4) is 11.3 Å². The van der Waals surface area contributed by atoms with Crippen LogP contribution in [0.2, 0.25) is 5.02 Å². The van der Waals surface area contributed by atoms with Gasteiger partial charge in [-0.15, -0.1) is 0 Å². The van der Waals surface area contributed by atoms with Crippen molar-refractivity contribution < 1.29 is 17.6 Å². The van der Waals surface area contributed by atoms with E-state index >= 15 is 0 Å². The number of sulfonamides is 1. The van der Waals surface area contributed by atoms with Gasteiger partial charge in [0.1, 0.15) is 5.58 Å². The predicted octanol–water partition coefficient (Wildman–Crippen LogP) is 4.94. The molecular weight excluding hydrogens is 450 g/mol. The summed E-state index contributed by atoms with van der Waals surface area (Å²) in [5, 5.41) is 4.19. The van der Waals surface area contributed by atoms with Crippen LogP contribution in [0.3, 0.4) is 0 Å². The number of nitrogens with zero attached hydrogens (tertiary/aromatic N) is 2. The van der Waals surface area contributed by atoms with E-state index in [0.717, 1.165) is 5.39 Å². The number of hydrogen-bond donors (Lipinski definition) is 1. The van der Waals surface area contributed by atoms with Crippen molar-refractivity contribution in [3.63, 3.8) is 0 Å². The number of nitrogens with one attached hydrogen (secondary N) is 1. The van der Waals surface area contributed by atoms with Crippen molar-refractivity contribution in [2.24, 2.45) is 0 Å². The van der Waals surface area contributed by atoms with Crippen molar-refractivity contribution in [2.45, 2.75) is 6.42 Å². The maximum atomic E-state index is 12.8. The minimum absolute atomic E-state index is 0.148. The molecule has 162 valence electrons. The van der Waals surface area contributed by atoms with Crippen LogP contribution in [0.4, 0.5) is 11.4 Å². The Kier molecular flexibility index (Phi) is 5.11. The fourth-order valence-corrected chi connectivity index (χ4v) is 5.58. The Labute approximate surface area is 189 Å². The number of aromatic nitrogens is 1. The lowest BCUT2D eigenvalue weighted by Gasteiger charge is -2.17. The van der Waals surface area contributed by atoms with Crippen molar-refractivity contribution in [3.05, 3.63) is 77.6 Å². The van der Waals surface area contributed by atoms with E-state index in [4.69, 9.17) is 16.0 Å². The second-order valence-electron chi connectivity index (χ2n) is 7.43. The Morgan fingerprint density at radius 1 is 1.09 bits per heavy atom. The zero-order valence-corrected chi connectivity index (χ0v) is 18.4. The molecule has 4 aromatic rings. The molecule has 0 spiro atoms. The highest BCUT2D eigenvalue weighted by Crippen LogP contribution is 2.34. The Morgan fingerprint density at radius 3 is 2.66 bits per heavy atom. The van der Waals surface area contributed by atoms with E-state index in [1.165, 1.54) is 4.31 Å². The number of halogens is 1. The van der Waals surface area contributed by atoms with Crippen LogP contribution < -0.4 is 9.62 Å². The first-order chi connectivity index (χ1) is 15.4. The number of hydrogen-bond acceptors (Lipinski definition) is 5. The molecule has 0 radical (unpaired) electrons. The molecule has 0 atom stereocenters. The summed E-state index contributed by atoms with van der Waals surface area (Å²) in [6.07, 6.45) is 3.84. The molecule has 7 nitrogen and oxygen atoms in total. The first-order valence-corrected chi connectivity index (χ1v) is 11.9. The van der Waals surface area contributed by atoms with E-state index in [2.05, 4.69) is 10.3 Å². The first kappa shape index (κ1) is 20.5. The molecule has 9 heteroatoms. The smallest absolute Gasteiger partial charge is 0.255 e. The Balaban J connectivity index is 1.39. The van der Waals surface area contributed by atoms with Gasteiger partial charge >= 0.3 is 0 Å². The van der Waals surface area contributed by atoms with Crippen molar-refractivity contribution in [2.75, 3.05) is 21.9 Å². The molecule has 2 aromatic carbocycles. The summed E-state index contributed by atoms with van der Waals surface area (Å²) in [6.45, 7) is 0.457. The molecule has 0 unspecified atom stereocenters. The Hall–Kier alpha value is -3.36. The molecule has 1 N–H and O–H groups in total. The second kappa shape index (κ2) is 7.96. The highest BCUT2D eigenvalue weighted by molar-refractivity contribution is 7.93. The summed E-state index contributed by atoms with van der Waals surface area (Å²) >= 11 is 6.42. The van der Waals surface area contributed by atoms with Crippen molar-refractivity contribution >= 4 is 49.9 Å². The highest BCUT2D eigenvalue weighted by Gasteiger charge is 2.28. The molecule has 1 fully saturated rings. The van der Waals surface area contributed by atoms with Crippen LogP contribution in [0.1, 0.15) is 16.8 Å². The number of benzene rings is 2. The number of carbonyl (C=O) groups is 1. The molecule has 0 saturated carbocycles. The zero-order chi connectivity index (χ0) is 22.3. The van der Waals surface area contributed by atoms with Gasteiger partial charge in [-0.1, -0.05) is 11.6 Å². The molecule has 2 aromatic heterocycles. The lowest BCUT2D eigenvalue weighted by Crippen LogP contribution is -2.25. The molecule has 0 aliphatic carbocycles. The van der Waals surface area contributed by atoms with Gasteiger partial charge in [0.15, 0.2) is 0 Å². The van der Waals surface area contributed by atoms with E-state index < -0.39 is 10.0 Å². The topological polar surface area (TPSA) is 92.5 Å². The van der Waals surface area contributed by atoms with E-state index in [9.17, 15) is 13.2 Å². The third-order valence-corrected chi connectivity index (χ3v) is 7.58. The molecule has 3 heterocycles. The summed E-state index contributed by atoms with van der Waals surface area (Å²) in [4.78, 5) is 17.2. The van der Waals surface area contributed by atoms with Gasteiger partial charge in [0.25, 0.3) is 5.91 Å². The minimum atomic E-state index is -3.26. The standard InChI is InChI=1S/C23H18ClN3O4S/c24-20-7-4-16(14-19(20)22-18-9-12-31-21(18)8-10-25-22)26-23(28)15-2-5-17(6-3-15)27-11-1-13-32(27,29)30/h2-10,12,14H,1,11,13H2,(H,26,28). The summed E-state index contributed by atoms with van der Waals surface area (Å²) in [6, 6.07) is 15.3. The third-order valence-electron chi connectivity index (χ3n) is 5.38. The molecule has 1 amide bonds. The summed E-state index contributed by atoms with van der Waals surface area (Å²) in [5.74, 6) is -0.168. The highest BCUT2D eigenvalue weighted by atomic mass is 35.5. The predicted molar refractivity (Wildman–Crippen MR) is 125 cm³/mol. The fourth-order valence-electron chi connectivity index (χ4n) is 3.81. The second-order valence-corrected chi connectivity index (χ2v) is 9.85. The van der Waals surface area contributed by atoms with Crippen LogP contribution in [0, 0.1) is 0 Å². The quantitative estimate of drug-likeness (QED) is 0.459. The van der Waals surface area contributed by atoms with Crippen LogP contribution in [0.15, 0.2) is 71.5 Å². The van der Waals surface area contributed by atoms with Gasteiger partial charge in [-0.3, -0.25) is 14.1 Å². The number of fused-ring (bicyclic) bond motifs is 1. The van der Waals surface area contributed by atoms with Crippen LogP contribution in [-0.4, -0.2) is 31.6 Å². The number of furan rings is 1. The molecule has 1 saturated heterocycles. The van der Waals surface area contributed by atoms with Gasteiger partial charge in [0.2, 0.25) is 10.0 Å². The number of carbonyl (C=O) groups excluding carboxylic acids is 1. The van der Waals surface area contributed by atoms with E-state index in [1.54, 1.807) is 61.0 Å². The maximum Gasteiger partial charge on any atom is 0.255 e. The molecule has 32 heavy (non-hydrogen) atoms. The molecule has 1 aliphatic heterocycles. The van der Waals surface area contributed by atoms with Gasteiger partial charge in [-0.25, -0.2) is 8.42 Å². The Morgan fingerprint density at radius 2 is 1.91 bits per heavy atom. The van der Waals surface area contributed by atoms with Crippen LogP contribution in [0.25, 0.3) is 22.2 Å². The zero-order valence-electron chi connectivity index (χ0n) is 16.8. The first-order valence-electron chi connectivity index (χ1n) is 9.96. The molecule has 5 rings (SSSR count). The average Bonchev–Trinajstić information content (AvgIpc) is 3.41. The summed E-state index contributed by atoms with van der Waals surface area (Å²) in [5.41, 5.74) is 3.56. The fraction of sp³-hybridized carbons (Fsp3) is 0.130. The number of amides is 1. The number of anilines is 2. The molecule has 0 bridgehead atoms. The SMILES string of the molecule is O=C(Nc1ccc(Cl)c(-c2nccc3occc23)c1)c1ccc(N2CCCS2(=O)=O)cc1. The van der Waals surface area contributed by atoms with Gasteiger partial charge < -0.3 is 9.73 Å². The van der Waals surface area contributed by atoms with E-state index in [-0.39, 0.29) is 11.7 Å². The lowest BCUT2D eigenvalue weighted by atomic mass is 10.1. The molecular formula is C23H18ClN3O4S. The van der Waals surface area contributed by atoms with Gasteiger partial charge in [-0.2, -0.15) is 0 Å². The third kappa shape index (κ3) is 3.72. The monoisotopic (exact) mass is 467 g/mol. The van der Waals surface area contributed by atoms with Crippen molar-refractivity contribution in [1.29, 1.82) is 0 Å². The number of pyridine rings is 1. The summed E-state index contributed by atoms with van der Waals surface area (Å²) in [7, 11) is -3.26. The van der Waals surface area contributed by atoms with Crippen LogP contribution in [-0.2, 0) is 10.0 Å². The largest absolute Gasteiger partial charge is 0.464 e. The maximum absolute atomic E-state index is 12.8. The number of rotatable bonds is 4. The molecule has 1 aliphatic rings.